The average molecular weight is 335 g/mol. The lowest BCUT2D eigenvalue weighted by molar-refractivity contribution is 0.0880. The highest BCUT2D eigenvalue weighted by Crippen LogP contribution is 2.31. The molecule has 7 nitrogen and oxygen atoms in total. The van der Waals surface area contributed by atoms with Crippen LogP contribution in [0.3, 0.4) is 0 Å². The second-order valence-electron chi connectivity index (χ2n) is 5.61. The summed E-state index contributed by atoms with van der Waals surface area (Å²) in [5, 5.41) is 3.69. The maximum Gasteiger partial charge on any atom is 0.262 e. The predicted octanol–water partition coefficient (Wildman–Crippen LogP) is 1.47. The molecule has 124 valence electrons. The number of nitrogens with two attached hydrogens (primary N) is 1. The molecule has 7 heteroatoms. The van der Waals surface area contributed by atoms with E-state index in [1.807, 2.05) is 18.2 Å². The van der Waals surface area contributed by atoms with E-state index in [-0.39, 0.29) is 16.9 Å². The van der Waals surface area contributed by atoms with Crippen molar-refractivity contribution in [1.29, 1.82) is 0 Å². The molecule has 2 amide bonds. The Bertz CT molecular complexity index is 1130. The quantitative estimate of drug-likeness (QED) is 0.690. The summed E-state index contributed by atoms with van der Waals surface area (Å²) in [7, 11) is 1.56. The van der Waals surface area contributed by atoms with Crippen LogP contribution in [0.5, 0.6) is 5.75 Å². The Kier molecular flexibility index (Phi) is 3.11. The third-order valence-electron chi connectivity index (χ3n) is 4.27. The number of carbonyl (C=O) groups excluding carboxylic acids is 2. The monoisotopic (exact) mass is 335 g/mol. The summed E-state index contributed by atoms with van der Waals surface area (Å²) in [5.74, 6) is -0.638. The van der Waals surface area contributed by atoms with Crippen LogP contribution in [-0.2, 0) is 0 Å². The number of hydrogen-bond donors (Lipinski definition) is 2. The number of rotatable bonds is 2. The van der Waals surface area contributed by atoms with Crippen molar-refractivity contribution in [2.45, 2.75) is 0 Å². The Morgan fingerprint density at radius 1 is 1.00 bits per heavy atom. The third kappa shape index (κ3) is 2.02. The number of amides is 2. The van der Waals surface area contributed by atoms with Gasteiger partial charge in [-0.3, -0.25) is 24.3 Å². The molecular weight excluding hydrogens is 322 g/mol. The normalized spacial score (nSPS) is 13.0. The third-order valence-corrected chi connectivity index (χ3v) is 4.27. The van der Waals surface area contributed by atoms with E-state index >= 15 is 0 Å². The first-order valence-electron chi connectivity index (χ1n) is 7.50. The molecule has 2 heterocycles. The molecule has 25 heavy (non-hydrogen) atoms. The summed E-state index contributed by atoms with van der Waals surface area (Å²) in [5.41, 5.74) is 6.14. The van der Waals surface area contributed by atoms with Gasteiger partial charge in [0.15, 0.2) is 0 Å². The highest BCUT2D eigenvalue weighted by atomic mass is 16.5. The Morgan fingerprint density at radius 2 is 1.72 bits per heavy atom. The predicted molar refractivity (Wildman–Crippen MR) is 92.3 cm³/mol. The van der Waals surface area contributed by atoms with Gasteiger partial charge in [0.05, 0.1) is 23.9 Å². The van der Waals surface area contributed by atoms with Gasteiger partial charge >= 0.3 is 0 Å². The Hall–Kier alpha value is -3.61. The number of pyridine rings is 1. The van der Waals surface area contributed by atoms with Crippen molar-refractivity contribution < 1.29 is 14.3 Å². The second kappa shape index (κ2) is 5.20. The first-order valence-corrected chi connectivity index (χ1v) is 7.50. The topological polar surface area (TPSA) is 103 Å². The van der Waals surface area contributed by atoms with Crippen molar-refractivity contribution >= 4 is 28.4 Å². The SMILES string of the molecule is COc1cccc2c(-n3c(N)c4c(cc3=O)C(=O)NC4=O)cccc12. The Morgan fingerprint density at radius 3 is 2.48 bits per heavy atom. The number of nitrogens with zero attached hydrogens (tertiary/aromatic N) is 1. The summed E-state index contributed by atoms with van der Waals surface area (Å²) in [4.78, 5) is 36.4. The molecule has 0 fully saturated rings. The number of hydrogen-bond acceptors (Lipinski definition) is 5. The summed E-state index contributed by atoms with van der Waals surface area (Å²) in [6.45, 7) is 0. The largest absolute Gasteiger partial charge is 0.496 e. The van der Waals surface area contributed by atoms with Gasteiger partial charge in [0.2, 0.25) is 0 Å². The van der Waals surface area contributed by atoms with Gasteiger partial charge < -0.3 is 10.5 Å². The molecule has 3 aromatic rings. The molecule has 4 rings (SSSR count). The number of anilines is 1. The summed E-state index contributed by atoms with van der Waals surface area (Å²) in [6.07, 6.45) is 0. The Balaban J connectivity index is 2.10. The summed E-state index contributed by atoms with van der Waals surface area (Å²) in [6, 6.07) is 11.9. The van der Waals surface area contributed by atoms with Gasteiger partial charge in [-0.05, 0) is 12.1 Å². The first kappa shape index (κ1) is 14.9. The molecule has 1 aliphatic heterocycles. The molecule has 0 radical (unpaired) electrons. The van der Waals surface area contributed by atoms with E-state index in [0.29, 0.717) is 11.4 Å². The highest BCUT2D eigenvalue weighted by molar-refractivity contribution is 6.23. The first-order chi connectivity index (χ1) is 12.0. The fourth-order valence-corrected chi connectivity index (χ4v) is 3.17. The van der Waals surface area contributed by atoms with Crippen LogP contribution in [0.2, 0.25) is 0 Å². The zero-order valence-corrected chi connectivity index (χ0v) is 13.2. The minimum atomic E-state index is -0.615. The Labute approximate surface area is 141 Å². The highest BCUT2D eigenvalue weighted by Gasteiger charge is 2.32. The molecule has 2 aromatic carbocycles. The molecule has 1 aliphatic rings. The van der Waals surface area contributed by atoms with Gasteiger partial charge in [-0.2, -0.15) is 0 Å². The molecule has 0 saturated carbocycles. The minimum Gasteiger partial charge on any atom is -0.496 e. The van der Waals surface area contributed by atoms with E-state index in [0.717, 1.165) is 16.8 Å². The van der Waals surface area contributed by atoms with Gasteiger partial charge in [-0.15, -0.1) is 0 Å². The standard InChI is InChI=1S/C18H13N3O4/c1-25-13-7-3-4-9-10(13)5-2-6-12(9)21-14(22)8-11-15(16(21)19)18(24)20-17(11)23/h2-8H,19H2,1H3,(H,20,23,24). The summed E-state index contributed by atoms with van der Waals surface area (Å²) < 4.78 is 6.59. The van der Waals surface area contributed by atoms with Crippen LogP contribution in [0.1, 0.15) is 20.7 Å². The van der Waals surface area contributed by atoms with Crippen LogP contribution in [0.25, 0.3) is 16.5 Å². The number of carbonyl (C=O) groups is 2. The van der Waals surface area contributed by atoms with Crippen LogP contribution in [0.4, 0.5) is 5.82 Å². The molecule has 0 unspecified atom stereocenters. The van der Waals surface area contributed by atoms with Gasteiger partial charge in [0.1, 0.15) is 11.6 Å². The second-order valence-corrected chi connectivity index (χ2v) is 5.61. The van der Waals surface area contributed by atoms with Gasteiger partial charge in [-0.1, -0.05) is 24.3 Å². The van der Waals surface area contributed by atoms with Gasteiger partial charge in [0.25, 0.3) is 17.4 Å². The van der Waals surface area contributed by atoms with Crippen molar-refractivity contribution in [3.8, 4) is 11.4 Å². The van der Waals surface area contributed by atoms with Gasteiger partial charge in [-0.25, -0.2) is 0 Å². The van der Waals surface area contributed by atoms with E-state index in [1.165, 1.54) is 4.57 Å². The lowest BCUT2D eigenvalue weighted by atomic mass is 10.1. The number of methoxy groups -OCH3 is 1. The van der Waals surface area contributed by atoms with Crippen molar-refractivity contribution in [3.63, 3.8) is 0 Å². The smallest absolute Gasteiger partial charge is 0.262 e. The maximum atomic E-state index is 12.6. The van der Waals surface area contributed by atoms with Crippen LogP contribution >= 0.6 is 0 Å². The number of imide groups is 1. The lowest BCUT2D eigenvalue weighted by Gasteiger charge is -2.15. The average Bonchev–Trinajstić information content (AvgIpc) is 2.88. The van der Waals surface area contributed by atoms with Crippen LogP contribution in [0.15, 0.2) is 47.3 Å². The number of nitrogen functional groups attached to an aromatic ring is 1. The lowest BCUT2D eigenvalue weighted by Crippen LogP contribution is -2.24. The molecule has 0 saturated heterocycles. The van der Waals surface area contributed by atoms with Crippen molar-refractivity contribution in [2.24, 2.45) is 0 Å². The van der Waals surface area contributed by atoms with Crippen molar-refractivity contribution in [3.05, 3.63) is 63.9 Å². The molecule has 3 N–H and O–H groups in total. The van der Waals surface area contributed by atoms with E-state index < -0.39 is 17.4 Å². The van der Waals surface area contributed by atoms with E-state index in [1.54, 1.807) is 25.3 Å². The number of nitrogens with one attached hydrogen (secondary N) is 1. The zero-order chi connectivity index (χ0) is 17.7. The number of aromatic nitrogens is 1. The fraction of sp³-hybridized carbons (Fsp3) is 0.0556. The molecule has 1 aromatic heterocycles. The van der Waals surface area contributed by atoms with Crippen molar-refractivity contribution in [2.75, 3.05) is 12.8 Å². The van der Waals surface area contributed by atoms with Crippen molar-refractivity contribution in [1.82, 2.24) is 9.88 Å². The maximum absolute atomic E-state index is 12.6. The molecule has 0 spiro atoms. The fourth-order valence-electron chi connectivity index (χ4n) is 3.17. The molecular formula is C18H13N3O4. The van der Waals surface area contributed by atoms with Gasteiger partial charge in [0, 0.05) is 16.8 Å². The van der Waals surface area contributed by atoms with E-state index in [2.05, 4.69) is 5.32 Å². The summed E-state index contributed by atoms with van der Waals surface area (Å²) >= 11 is 0. The molecule has 0 bridgehead atoms. The number of fused-ring (bicyclic) bond motifs is 2. The number of ether oxygens (including phenoxy) is 1. The molecule has 0 aliphatic carbocycles. The van der Waals surface area contributed by atoms with E-state index in [9.17, 15) is 14.4 Å². The minimum absolute atomic E-state index is 0.00145. The van der Waals surface area contributed by atoms with E-state index in [4.69, 9.17) is 10.5 Å². The van der Waals surface area contributed by atoms with Crippen LogP contribution < -0.4 is 21.3 Å². The zero-order valence-electron chi connectivity index (χ0n) is 13.2. The number of benzene rings is 2. The van der Waals surface area contributed by atoms with Crippen LogP contribution in [0, 0.1) is 0 Å². The van der Waals surface area contributed by atoms with Crippen LogP contribution in [-0.4, -0.2) is 23.5 Å². The molecule has 0 atom stereocenters.